The van der Waals surface area contributed by atoms with Crippen LogP contribution in [0, 0.1) is 0 Å². The Morgan fingerprint density at radius 1 is 1.25 bits per heavy atom. The van der Waals surface area contributed by atoms with Crippen LogP contribution in [0.2, 0.25) is 10.0 Å². The van der Waals surface area contributed by atoms with Crippen LogP contribution in [0.25, 0.3) is 0 Å². The minimum atomic E-state index is 0.130. The summed E-state index contributed by atoms with van der Waals surface area (Å²) in [6.07, 6.45) is 0. The molecule has 0 aliphatic carbocycles. The first-order valence-electron chi connectivity index (χ1n) is 3.14. The lowest BCUT2D eigenvalue weighted by Gasteiger charge is -2.03. The Morgan fingerprint density at radius 2 is 1.75 bits per heavy atom. The van der Waals surface area contributed by atoms with Gasteiger partial charge in [-0.25, -0.2) is 0 Å². The minimum Gasteiger partial charge on any atom is -0.382 e. The largest absolute Gasteiger partial charge is 0.382 e. The molecule has 0 saturated carbocycles. The van der Waals surface area contributed by atoms with Crippen LogP contribution in [0.1, 0.15) is 5.56 Å². The van der Waals surface area contributed by atoms with Crippen LogP contribution in [-0.4, -0.2) is 5.84 Å². The van der Waals surface area contributed by atoms with E-state index < -0.39 is 0 Å². The molecule has 0 radical (unpaired) electrons. The molecule has 0 atom stereocenters. The molecule has 0 bridgehead atoms. The molecule has 0 fully saturated rings. The highest BCUT2D eigenvalue weighted by Crippen LogP contribution is 2.23. The Hall–Kier alpha value is -0.930. The van der Waals surface area contributed by atoms with Crippen LogP contribution >= 0.6 is 23.2 Å². The fourth-order valence-electron chi connectivity index (χ4n) is 0.807. The van der Waals surface area contributed by atoms with Crippen molar-refractivity contribution in [1.29, 1.82) is 0 Å². The predicted octanol–water partition coefficient (Wildman–Crippen LogP) is 1.57. The van der Waals surface area contributed by atoms with Crippen molar-refractivity contribution in [2.75, 3.05) is 0 Å². The van der Waals surface area contributed by atoms with E-state index in [9.17, 15) is 0 Å². The van der Waals surface area contributed by atoms with E-state index in [1.807, 2.05) is 0 Å². The first kappa shape index (κ1) is 9.16. The maximum Gasteiger partial charge on any atom is 0.153 e. The average Bonchev–Trinajstić information content (AvgIpc) is 2.03. The van der Waals surface area contributed by atoms with Gasteiger partial charge in [0.1, 0.15) is 0 Å². The summed E-state index contributed by atoms with van der Waals surface area (Å²) < 4.78 is 0. The Balaban J connectivity index is 3.31. The zero-order valence-corrected chi connectivity index (χ0v) is 7.60. The van der Waals surface area contributed by atoms with Gasteiger partial charge in [0.05, 0.1) is 15.6 Å². The van der Waals surface area contributed by atoms with E-state index in [0.717, 1.165) is 0 Å². The summed E-state index contributed by atoms with van der Waals surface area (Å²) in [4.78, 5) is 0. The third-order valence-electron chi connectivity index (χ3n) is 1.36. The van der Waals surface area contributed by atoms with Crippen LogP contribution in [0.3, 0.4) is 0 Å². The van der Waals surface area contributed by atoms with Crippen LogP contribution in [-0.2, 0) is 0 Å². The van der Waals surface area contributed by atoms with E-state index in [-0.39, 0.29) is 5.84 Å². The van der Waals surface area contributed by atoms with Crippen LogP contribution in [0.4, 0.5) is 0 Å². The van der Waals surface area contributed by atoms with Gasteiger partial charge in [0.2, 0.25) is 0 Å². The Bertz CT molecular complexity index is 302. The van der Waals surface area contributed by atoms with E-state index in [0.29, 0.717) is 15.6 Å². The highest BCUT2D eigenvalue weighted by molar-refractivity contribution is 6.39. The van der Waals surface area contributed by atoms with Crippen molar-refractivity contribution < 1.29 is 0 Å². The fraction of sp³-hybridized carbons (Fsp3) is 0. The Labute approximate surface area is 79.9 Å². The quantitative estimate of drug-likeness (QED) is 0.315. The third-order valence-corrected chi connectivity index (χ3v) is 1.99. The summed E-state index contributed by atoms with van der Waals surface area (Å²) in [5.41, 5.74) is 5.93. The monoisotopic (exact) mass is 203 g/mol. The second kappa shape index (κ2) is 3.65. The molecule has 0 aliphatic heterocycles. The highest BCUT2D eigenvalue weighted by atomic mass is 35.5. The summed E-state index contributed by atoms with van der Waals surface area (Å²) in [5.74, 6) is 5.12. The van der Waals surface area contributed by atoms with E-state index in [4.69, 9.17) is 34.8 Å². The number of hydrazone groups is 1. The van der Waals surface area contributed by atoms with Crippen molar-refractivity contribution in [2.45, 2.75) is 0 Å². The number of benzene rings is 1. The molecule has 0 saturated heterocycles. The zero-order valence-electron chi connectivity index (χ0n) is 6.09. The van der Waals surface area contributed by atoms with E-state index in [1.54, 1.807) is 18.2 Å². The number of nitrogens with zero attached hydrogens (tertiary/aromatic N) is 1. The van der Waals surface area contributed by atoms with E-state index >= 15 is 0 Å². The van der Waals surface area contributed by atoms with Crippen LogP contribution in [0.5, 0.6) is 0 Å². The number of halogens is 2. The molecular weight excluding hydrogens is 197 g/mol. The molecule has 1 rings (SSSR count). The maximum atomic E-state index is 5.80. The van der Waals surface area contributed by atoms with Crippen molar-refractivity contribution in [3.05, 3.63) is 33.8 Å². The molecule has 1 aromatic rings. The molecule has 5 heteroatoms. The number of hydrogen-bond acceptors (Lipinski definition) is 2. The maximum absolute atomic E-state index is 5.80. The Morgan fingerprint density at radius 3 is 2.17 bits per heavy atom. The van der Waals surface area contributed by atoms with E-state index in [1.165, 1.54) is 0 Å². The van der Waals surface area contributed by atoms with Gasteiger partial charge in [-0.05, 0) is 12.1 Å². The molecule has 1 aromatic carbocycles. The molecular formula is C7H7Cl2N3. The lowest BCUT2D eigenvalue weighted by atomic mass is 10.2. The molecule has 64 valence electrons. The number of rotatable bonds is 1. The number of nitrogens with two attached hydrogens (primary N) is 2. The molecule has 0 amide bonds. The van der Waals surface area contributed by atoms with Gasteiger partial charge < -0.3 is 11.6 Å². The minimum absolute atomic E-state index is 0.130. The van der Waals surface area contributed by atoms with Crippen molar-refractivity contribution in [1.82, 2.24) is 0 Å². The van der Waals surface area contributed by atoms with Gasteiger partial charge in [0.15, 0.2) is 5.84 Å². The number of amidine groups is 1. The summed E-state index contributed by atoms with van der Waals surface area (Å²) >= 11 is 11.6. The molecule has 0 unspecified atom stereocenters. The normalized spacial score (nSPS) is 11.7. The topological polar surface area (TPSA) is 64.4 Å². The van der Waals surface area contributed by atoms with Gasteiger partial charge in [-0.2, -0.15) is 5.10 Å². The van der Waals surface area contributed by atoms with Crippen molar-refractivity contribution >= 4 is 29.0 Å². The molecule has 12 heavy (non-hydrogen) atoms. The summed E-state index contributed by atoms with van der Waals surface area (Å²) in [7, 11) is 0. The predicted molar refractivity (Wildman–Crippen MR) is 51.4 cm³/mol. The van der Waals surface area contributed by atoms with Crippen molar-refractivity contribution in [3.8, 4) is 0 Å². The first-order chi connectivity index (χ1) is 5.66. The first-order valence-corrected chi connectivity index (χ1v) is 3.90. The van der Waals surface area contributed by atoms with Gasteiger partial charge in [0, 0.05) is 0 Å². The van der Waals surface area contributed by atoms with Gasteiger partial charge in [-0.1, -0.05) is 29.3 Å². The summed E-state index contributed by atoms with van der Waals surface area (Å²) in [6, 6.07) is 5.06. The highest BCUT2D eigenvalue weighted by Gasteiger charge is 2.08. The standard InChI is InChI=1S/C7H7Cl2N3/c8-4-2-1-3-5(9)6(4)7(10)12-11/h1-3H,11H2,(H2,10,12). The van der Waals surface area contributed by atoms with Gasteiger partial charge in [0.25, 0.3) is 0 Å². The smallest absolute Gasteiger partial charge is 0.153 e. The van der Waals surface area contributed by atoms with Gasteiger partial charge in [-0.15, -0.1) is 0 Å². The van der Waals surface area contributed by atoms with Crippen molar-refractivity contribution in [3.63, 3.8) is 0 Å². The van der Waals surface area contributed by atoms with Crippen LogP contribution < -0.4 is 11.6 Å². The molecule has 0 aliphatic rings. The second-order valence-electron chi connectivity index (χ2n) is 2.11. The molecule has 0 aromatic heterocycles. The Kier molecular flexibility index (Phi) is 2.78. The summed E-state index contributed by atoms with van der Waals surface area (Å²) in [5, 5.41) is 4.18. The van der Waals surface area contributed by atoms with Gasteiger partial charge >= 0.3 is 0 Å². The molecule has 0 heterocycles. The third kappa shape index (κ3) is 1.62. The lowest BCUT2D eigenvalue weighted by Crippen LogP contribution is -2.16. The molecule has 3 nitrogen and oxygen atoms in total. The SMILES string of the molecule is N/N=C(/N)c1c(Cl)cccc1Cl. The van der Waals surface area contributed by atoms with Crippen LogP contribution in [0.15, 0.2) is 23.3 Å². The van der Waals surface area contributed by atoms with E-state index in [2.05, 4.69) is 5.10 Å². The fourth-order valence-corrected chi connectivity index (χ4v) is 1.40. The lowest BCUT2D eigenvalue weighted by molar-refractivity contribution is 1.23. The number of hydrogen-bond donors (Lipinski definition) is 2. The second-order valence-corrected chi connectivity index (χ2v) is 2.93. The summed E-state index contributed by atoms with van der Waals surface area (Å²) in [6.45, 7) is 0. The molecule has 0 spiro atoms. The molecule has 4 N–H and O–H groups in total. The van der Waals surface area contributed by atoms with Crippen molar-refractivity contribution in [2.24, 2.45) is 16.7 Å². The van der Waals surface area contributed by atoms with Gasteiger partial charge in [-0.3, -0.25) is 0 Å². The zero-order chi connectivity index (χ0) is 9.14. The average molecular weight is 204 g/mol.